The molecule has 0 saturated heterocycles. The van der Waals surface area contributed by atoms with E-state index in [0.29, 0.717) is 12.0 Å². The van der Waals surface area contributed by atoms with E-state index in [4.69, 9.17) is 0 Å². The summed E-state index contributed by atoms with van der Waals surface area (Å²) in [7, 11) is 0. The second kappa shape index (κ2) is 7.61. The van der Waals surface area contributed by atoms with Gasteiger partial charge in [-0.15, -0.1) is 0 Å². The summed E-state index contributed by atoms with van der Waals surface area (Å²) in [5, 5.41) is 12.9. The minimum atomic E-state index is 0.314. The van der Waals surface area contributed by atoms with E-state index in [-0.39, 0.29) is 0 Å². The highest BCUT2D eigenvalue weighted by molar-refractivity contribution is 4.93. The van der Waals surface area contributed by atoms with Crippen LogP contribution in [0.1, 0.15) is 58.3 Å². The lowest BCUT2D eigenvalue weighted by atomic mass is 9.73. The van der Waals surface area contributed by atoms with E-state index in [1.165, 1.54) is 64.5 Å². The molecule has 2 aliphatic carbocycles. The van der Waals surface area contributed by atoms with Gasteiger partial charge in [-0.05, 0) is 44.1 Å². The summed E-state index contributed by atoms with van der Waals surface area (Å²) < 4.78 is 0. The van der Waals surface area contributed by atoms with Gasteiger partial charge < -0.3 is 10.4 Å². The molecule has 0 radical (unpaired) electrons. The van der Waals surface area contributed by atoms with E-state index in [1.54, 1.807) is 0 Å². The highest BCUT2D eigenvalue weighted by atomic mass is 16.3. The third-order valence-corrected chi connectivity index (χ3v) is 4.83. The van der Waals surface area contributed by atoms with Gasteiger partial charge in [-0.25, -0.2) is 0 Å². The molecule has 2 rings (SSSR count). The van der Waals surface area contributed by atoms with Crippen molar-refractivity contribution in [3.8, 4) is 0 Å². The molecule has 2 aliphatic rings. The molecule has 0 bridgehead atoms. The van der Waals surface area contributed by atoms with Crippen LogP contribution in [0.5, 0.6) is 0 Å². The Bertz CT molecular complexity index is 247. The molecule has 0 aromatic heterocycles. The quantitative estimate of drug-likeness (QED) is 0.630. The van der Waals surface area contributed by atoms with Crippen LogP contribution in [-0.2, 0) is 0 Å². The highest BCUT2D eigenvalue weighted by Gasteiger charge is 2.37. The first-order chi connectivity index (χ1) is 9.29. The van der Waals surface area contributed by atoms with Gasteiger partial charge in [-0.3, -0.25) is 4.90 Å². The standard InChI is InChI=1S/C16H32N2O/c1-2-10-17-13-16(8-4-3-5-9-16)14-18(11-12-19)15-6-7-15/h15,17,19H,2-14H2,1H3. The van der Waals surface area contributed by atoms with E-state index >= 15 is 0 Å². The van der Waals surface area contributed by atoms with Gasteiger partial charge in [0.05, 0.1) is 6.61 Å². The second-order valence-corrected chi connectivity index (χ2v) is 6.66. The highest BCUT2D eigenvalue weighted by Crippen LogP contribution is 2.39. The van der Waals surface area contributed by atoms with Gasteiger partial charge in [0.2, 0.25) is 0 Å². The summed E-state index contributed by atoms with van der Waals surface area (Å²) in [6.45, 7) is 6.95. The molecule has 0 unspecified atom stereocenters. The van der Waals surface area contributed by atoms with Crippen LogP contribution in [0.4, 0.5) is 0 Å². The Morgan fingerprint density at radius 3 is 2.53 bits per heavy atom. The minimum Gasteiger partial charge on any atom is -0.395 e. The summed E-state index contributed by atoms with van der Waals surface area (Å²) in [6.07, 6.45) is 10.9. The SMILES string of the molecule is CCCNCC1(CN(CCO)C2CC2)CCCCC1. The van der Waals surface area contributed by atoms with Gasteiger partial charge >= 0.3 is 0 Å². The van der Waals surface area contributed by atoms with Crippen LogP contribution in [0.15, 0.2) is 0 Å². The minimum absolute atomic E-state index is 0.314. The molecule has 2 saturated carbocycles. The third-order valence-electron chi connectivity index (χ3n) is 4.83. The Labute approximate surface area is 118 Å². The average molecular weight is 268 g/mol. The molecule has 3 heteroatoms. The first kappa shape index (κ1) is 15.3. The molecule has 0 aromatic rings. The summed E-state index contributed by atoms with van der Waals surface area (Å²) >= 11 is 0. The van der Waals surface area contributed by atoms with Gasteiger partial charge in [0.25, 0.3) is 0 Å². The molecule has 0 aliphatic heterocycles. The Balaban J connectivity index is 1.90. The Morgan fingerprint density at radius 2 is 1.95 bits per heavy atom. The molecule has 0 spiro atoms. The van der Waals surface area contributed by atoms with Crippen molar-refractivity contribution in [2.24, 2.45) is 5.41 Å². The molecule has 3 nitrogen and oxygen atoms in total. The lowest BCUT2D eigenvalue weighted by Crippen LogP contribution is -2.47. The number of aliphatic hydroxyl groups is 1. The summed E-state index contributed by atoms with van der Waals surface area (Å²) in [4.78, 5) is 2.57. The fraction of sp³-hybridized carbons (Fsp3) is 1.00. The second-order valence-electron chi connectivity index (χ2n) is 6.66. The van der Waals surface area contributed by atoms with Gasteiger partial charge in [0.15, 0.2) is 0 Å². The number of nitrogens with zero attached hydrogens (tertiary/aromatic N) is 1. The average Bonchev–Trinajstić information content (AvgIpc) is 3.24. The molecule has 112 valence electrons. The van der Waals surface area contributed by atoms with E-state index in [9.17, 15) is 5.11 Å². The Hall–Kier alpha value is -0.120. The van der Waals surface area contributed by atoms with Crippen LogP contribution >= 0.6 is 0 Å². The maximum Gasteiger partial charge on any atom is 0.0558 e. The fourth-order valence-electron chi connectivity index (χ4n) is 3.61. The number of hydrogen-bond donors (Lipinski definition) is 2. The molecular weight excluding hydrogens is 236 g/mol. The van der Waals surface area contributed by atoms with E-state index in [2.05, 4.69) is 17.1 Å². The first-order valence-corrected chi connectivity index (χ1v) is 8.35. The lowest BCUT2D eigenvalue weighted by Gasteiger charge is -2.41. The van der Waals surface area contributed by atoms with Crippen molar-refractivity contribution >= 4 is 0 Å². The predicted molar refractivity (Wildman–Crippen MR) is 80.4 cm³/mol. The molecule has 2 N–H and O–H groups in total. The van der Waals surface area contributed by atoms with Crippen LogP contribution in [0.2, 0.25) is 0 Å². The molecule has 19 heavy (non-hydrogen) atoms. The van der Waals surface area contributed by atoms with Gasteiger partial charge in [-0.2, -0.15) is 0 Å². The summed E-state index contributed by atoms with van der Waals surface area (Å²) in [5.41, 5.74) is 0.477. The van der Waals surface area contributed by atoms with Crippen LogP contribution < -0.4 is 5.32 Å². The smallest absolute Gasteiger partial charge is 0.0558 e. The molecule has 0 aromatic carbocycles. The van der Waals surface area contributed by atoms with Crippen LogP contribution in [0.3, 0.4) is 0 Å². The number of nitrogens with one attached hydrogen (secondary N) is 1. The Morgan fingerprint density at radius 1 is 1.21 bits per heavy atom. The summed E-state index contributed by atoms with van der Waals surface area (Å²) in [5.74, 6) is 0. The zero-order valence-electron chi connectivity index (χ0n) is 12.7. The van der Waals surface area contributed by atoms with Gasteiger partial charge in [0.1, 0.15) is 0 Å². The maximum absolute atomic E-state index is 9.28. The van der Waals surface area contributed by atoms with Crippen molar-refractivity contribution in [3.63, 3.8) is 0 Å². The third kappa shape index (κ3) is 4.73. The number of hydrogen-bond acceptors (Lipinski definition) is 3. The predicted octanol–water partition coefficient (Wildman–Crippen LogP) is 2.39. The van der Waals surface area contributed by atoms with Crippen LogP contribution in [0, 0.1) is 5.41 Å². The summed E-state index contributed by atoms with van der Waals surface area (Å²) in [6, 6.07) is 0.775. The fourth-order valence-corrected chi connectivity index (χ4v) is 3.61. The topological polar surface area (TPSA) is 35.5 Å². The van der Waals surface area contributed by atoms with Crippen molar-refractivity contribution in [2.45, 2.75) is 64.3 Å². The van der Waals surface area contributed by atoms with E-state index in [0.717, 1.165) is 19.1 Å². The Kier molecular flexibility index (Phi) is 6.11. The molecule has 0 atom stereocenters. The molecular formula is C16H32N2O. The zero-order chi connectivity index (χ0) is 13.6. The first-order valence-electron chi connectivity index (χ1n) is 8.35. The maximum atomic E-state index is 9.28. The van der Waals surface area contributed by atoms with Crippen molar-refractivity contribution < 1.29 is 5.11 Å². The normalized spacial score (nSPS) is 22.9. The molecule has 0 amide bonds. The van der Waals surface area contributed by atoms with Crippen molar-refractivity contribution in [1.29, 1.82) is 0 Å². The molecule has 0 heterocycles. The van der Waals surface area contributed by atoms with Crippen molar-refractivity contribution in [1.82, 2.24) is 10.2 Å². The van der Waals surface area contributed by atoms with Crippen molar-refractivity contribution in [3.05, 3.63) is 0 Å². The van der Waals surface area contributed by atoms with E-state index in [1.807, 2.05) is 0 Å². The lowest BCUT2D eigenvalue weighted by molar-refractivity contribution is 0.0839. The zero-order valence-corrected chi connectivity index (χ0v) is 12.7. The number of rotatable bonds is 9. The number of aliphatic hydroxyl groups excluding tert-OH is 1. The largest absolute Gasteiger partial charge is 0.395 e. The van der Waals surface area contributed by atoms with Gasteiger partial charge in [-0.1, -0.05) is 26.2 Å². The molecule has 2 fully saturated rings. The van der Waals surface area contributed by atoms with E-state index < -0.39 is 0 Å². The van der Waals surface area contributed by atoms with Crippen molar-refractivity contribution in [2.75, 3.05) is 32.8 Å². The van der Waals surface area contributed by atoms with Crippen LogP contribution in [-0.4, -0.2) is 48.8 Å². The van der Waals surface area contributed by atoms with Crippen LogP contribution in [0.25, 0.3) is 0 Å². The van der Waals surface area contributed by atoms with Gasteiger partial charge in [0, 0.05) is 25.7 Å². The monoisotopic (exact) mass is 268 g/mol.